The lowest BCUT2D eigenvalue weighted by atomic mass is 9.99. The summed E-state index contributed by atoms with van der Waals surface area (Å²) in [5, 5.41) is 2.46. The number of halogens is 2. The van der Waals surface area contributed by atoms with Gasteiger partial charge in [-0.3, -0.25) is 4.79 Å². The molecular weight excluding hydrogens is 383 g/mol. The van der Waals surface area contributed by atoms with Gasteiger partial charge in [-0.05, 0) is 42.3 Å². The van der Waals surface area contributed by atoms with E-state index >= 15 is 0 Å². The smallest absolute Gasteiger partial charge is 0.260 e. The molecule has 4 nitrogen and oxygen atoms in total. The van der Waals surface area contributed by atoms with Crippen LogP contribution in [0.25, 0.3) is 16.5 Å². The van der Waals surface area contributed by atoms with Crippen molar-refractivity contribution in [2.45, 2.75) is 6.42 Å². The molecule has 138 valence electrons. The van der Waals surface area contributed by atoms with Gasteiger partial charge in [0.25, 0.3) is 5.91 Å². The Labute approximate surface area is 167 Å². The van der Waals surface area contributed by atoms with E-state index in [1.165, 1.54) is 5.57 Å². The number of hydrogen-bond donors (Lipinski definition) is 1. The molecule has 0 saturated heterocycles. The van der Waals surface area contributed by atoms with Crippen molar-refractivity contribution in [3.05, 3.63) is 70.3 Å². The van der Waals surface area contributed by atoms with Gasteiger partial charge in [0.05, 0.1) is 10.5 Å². The number of nitrogens with one attached hydrogen (secondary N) is 1. The van der Waals surface area contributed by atoms with E-state index in [0.29, 0.717) is 28.9 Å². The summed E-state index contributed by atoms with van der Waals surface area (Å²) >= 11 is 12.1. The van der Waals surface area contributed by atoms with Crippen LogP contribution in [0.15, 0.2) is 54.7 Å². The maximum Gasteiger partial charge on any atom is 0.260 e. The summed E-state index contributed by atoms with van der Waals surface area (Å²) in [4.78, 5) is 17.5. The number of hydrogen-bond acceptors (Lipinski definition) is 2. The van der Waals surface area contributed by atoms with Crippen molar-refractivity contribution < 1.29 is 9.53 Å². The van der Waals surface area contributed by atoms with Crippen molar-refractivity contribution in [3.8, 4) is 5.75 Å². The van der Waals surface area contributed by atoms with Crippen LogP contribution in [-0.4, -0.2) is 35.5 Å². The van der Waals surface area contributed by atoms with Gasteiger partial charge in [-0.15, -0.1) is 0 Å². The van der Waals surface area contributed by atoms with Crippen LogP contribution in [0.2, 0.25) is 10.0 Å². The highest BCUT2D eigenvalue weighted by atomic mass is 35.5. The van der Waals surface area contributed by atoms with Crippen molar-refractivity contribution >= 4 is 45.6 Å². The average Bonchev–Trinajstić information content (AvgIpc) is 3.13. The van der Waals surface area contributed by atoms with Crippen LogP contribution >= 0.6 is 23.2 Å². The molecule has 0 radical (unpaired) electrons. The number of aromatic nitrogens is 1. The summed E-state index contributed by atoms with van der Waals surface area (Å²) in [6.45, 7) is 1.26. The second-order valence-electron chi connectivity index (χ2n) is 6.43. The van der Waals surface area contributed by atoms with Crippen LogP contribution in [-0.2, 0) is 4.79 Å². The molecule has 0 bridgehead atoms. The third-order valence-corrected chi connectivity index (χ3v) is 5.32. The SMILES string of the molecule is O=C(COc1ccc(Cl)cc1)N1CC=C(c2c[nH]c3c(Cl)cccc23)CC1. The molecule has 4 rings (SSSR count). The number of carbonyl (C=O) groups excluding carboxylic acids is 1. The van der Waals surface area contributed by atoms with Crippen molar-refractivity contribution in [2.75, 3.05) is 19.7 Å². The van der Waals surface area contributed by atoms with E-state index in [0.717, 1.165) is 22.9 Å². The van der Waals surface area contributed by atoms with Gasteiger partial charge in [-0.25, -0.2) is 0 Å². The lowest BCUT2D eigenvalue weighted by molar-refractivity contribution is -0.132. The van der Waals surface area contributed by atoms with Gasteiger partial charge in [0, 0.05) is 35.3 Å². The topological polar surface area (TPSA) is 45.3 Å². The first-order chi connectivity index (χ1) is 13.1. The third-order valence-electron chi connectivity index (χ3n) is 4.75. The van der Waals surface area contributed by atoms with E-state index in [1.54, 1.807) is 29.2 Å². The van der Waals surface area contributed by atoms with E-state index in [4.69, 9.17) is 27.9 Å². The molecule has 0 aliphatic carbocycles. The Morgan fingerprint density at radius 2 is 1.96 bits per heavy atom. The lowest BCUT2D eigenvalue weighted by Crippen LogP contribution is -2.37. The van der Waals surface area contributed by atoms with E-state index in [-0.39, 0.29) is 12.5 Å². The van der Waals surface area contributed by atoms with Crippen molar-refractivity contribution in [1.29, 1.82) is 0 Å². The van der Waals surface area contributed by atoms with Gasteiger partial charge < -0.3 is 14.6 Å². The average molecular weight is 401 g/mol. The van der Waals surface area contributed by atoms with Gasteiger partial charge in [0.1, 0.15) is 5.75 Å². The van der Waals surface area contributed by atoms with E-state index in [1.807, 2.05) is 18.3 Å². The Balaban J connectivity index is 1.41. The van der Waals surface area contributed by atoms with Crippen molar-refractivity contribution in [3.63, 3.8) is 0 Å². The van der Waals surface area contributed by atoms with Gasteiger partial charge in [-0.1, -0.05) is 41.4 Å². The molecule has 3 aromatic rings. The molecule has 0 fully saturated rings. The van der Waals surface area contributed by atoms with Gasteiger partial charge in [0.2, 0.25) is 0 Å². The number of fused-ring (bicyclic) bond motifs is 1. The molecule has 0 spiro atoms. The predicted octanol–water partition coefficient (Wildman–Crippen LogP) is 5.17. The summed E-state index contributed by atoms with van der Waals surface area (Å²) < 4.78 is 5.56. The molecule has 1 N–H and O–H groups in total. The zero-order chi connectivity index (χ0) is 18.8. The number of H-pyrrole nitrogens is 1. The molecule has 1 aliphatic rings. The van der Waals surface area contributed by atoms with E-state index in [2.05, 4.69) is 17.1 Å². The van der Waals surface area contributed by atoms with Crippen molar-refractivity contribution in [1.82, 2.24) is 9.88 Å². The zero-order valence-corrected chi connectivity index (χ0v) is 16.1. The second kappa shape index (κ2) is 7.67. The molecule has 1 aliphatic heterocycles. The summed E-state index contributed by atoms with van der Waals surface area (Å²) in [6, 6.07) is 12.9. The maximum absolute atomic E-state index is 12.4. The molecule has 2 aromatic carbocycles. The predicted molar refractivity (Wildman–Crippen MR) is 109 cm³/mol. The Morgan fingerprint density at radius 3 is 2.70 bits per heavy atom. The molecule has 0 atom stereocenters. The van der Waals surface area contributed by atoms with Crippen LogP contribution in [0.5, 0.6) is 5.75 Å². The first-order valence-corrected chi connectivity index (χ1v) is 9.48. The van der Waals surface area contributed by atoms with Crippen LogP contribution in [0.3, 0.4) is 0 Å². The Bertz CT molecular complexity index is 1010. The number of nitrogens with zero attached hydrogens (tertiary/aromatic N) is 1. The maximum atomic E-state index is 12.4. The minimum absolute atomic E-state index is 0.0213. The molecule has 2 heterocycles. The Morgan fingerprint density at radius 1 is 1.15 bits per heavy atom. The molecule has 27 heavy (non-hydrogen) atoms. The van der Waals surface area contributed by atoms with Crippen LogP contribution in [0, 0.1) is 0 Å². The number of benzene rings is 2. The minimum Gasteiger partial charge on any atom is -0.484 e. The largest absolute Gasteiger partial charge is 0.484 e. The Hall–Kier alpha value is -2.43. The monoisotopic (exact) mass is 400 g/mol. The number of amides is 1. The van der Waals surface area contributed by atoms with E-state index < -0.39 is 0 Å². The fourth-order valence-corrected chi connectivity index (χ4v) is 3.65. The summed E-state index contributed by atoms with van der Waals surface area (Å²) in [6.07, 6.45) is 4.89. The lowest BCUT2D eigenvalue weighted by Gasteiger charge is -2.26. The first kappa shape index (κ1) is 18.0. The van der Waals surface area contributed by atoms with Gasteiger partial charge in [0.15, 0.2) is 6.61 Å². The zero-order valence-electron chi connectivity index (χ0n) is 14.5. The molecule has 1 aromatic heterocycles. The molecule has 0 unspecified atom stereocenters. The normalized spacial score (nSPS) is 14.3. The molecule has 0 saturated carbocycles. The molecule has 1 amide bonds. The summed E-state index contributed by atoms with van der Waals surface area (Å²) in [5.41, 5.74) is 3.33. The molecule has 6 heteroatoms. The summed E-state index contributed by atoms with van der Waals surface area (Å²) in [5.74, 6) is 0.610. The minimum atomic E-state index is -0.0257. The number of para-hydroxylation sites is 1. The molecular formula is C21H18Cl2N2O2. The third kappa shape index (κ3) is 3.82. The highest BCUT2D eigenvalue weighted by Gasteiger charge is 2.20. The van der Waals surface area contributed by atoms with Crippen LogP contribution < -0.4 is 4.74 Å². The van der Waals surface area contributed by atoms with Crippen molar-refractivity contribution in [2.24, 2.45) is 0 Å². The number of ether oxygens (including phenoxy) is 1. The van der Waals surface area contributed by atoms with Gasteiger partial charge >= 0.3 is 0 Å². The second-order valence-corrected chi connectivity index (χ2v) is 7.27. The standard InChI is InChI=1S/C21H18Cl2N2O2/c22-15-4-6-16(7-5-15)27-13-20(26)25-10-8-14(9-11-25)18-12-24-21-17(18)2-1-3-19(21)23/h1-8,12,24H,9-11,13H2. The highest BCUT2D eigenvalue weighted by Crippen LogP contribution is 2.32. The highest BCUT2D eigenvalue weighted by molar-refractivity contribution is 6.35. The van der Waals surface area contributed by atoms with Crippen LogP contribution in [0.4, 0.5) is 0 Å². The van der Waals surface area contributed by atoms with Gasteiger partial charge in [-0.2, -0.15) is 0 Å². The first-order valence-electron chi connectivity index (χ1n) is 8.73. The van der Waals surface area contributed by atoms with E-state index in [9.17, 15) is 4.79 Å². The Kier molecular flexibility index (Phi) is 5.10. The number of aromatic amines is 1. The number of carbonyl (C=O) groups is 1. The number of rotatable bonds is 4. The summed E-state index contributed by atoms with van der Waals surface area (Å²) in [7, 11) is 0. The van der Waals surface area contributed by atoms with Crippen LogP contribution in [0.1, 0.15) is 12.0 Å². The quantitative estimate of drug-likeness (QED) is 0.656. The fraction of sp³-hybridized carbons (Fsp3) is 0.190. The fourth-order valence-electron chi connectivity index (χ4n) is 3.29.